The molecule has 0 spiro atoms. The molecule has 8 heteroatoms. The van der Waals surface area contributed by atoms with Crippen molar-refractivity contribution in [3.05, 3.63) is 61.2 Å². The minimum atomic E-state index is -3.24. The van der Waals surface area contributed by atoms with Crippen LogP contribution in [0.4, 0.5) is 0 Å². The van der Waals surface area contributed by atoms with Gasteiger partial charge < -0.3 is 18.5 Å². The van der Waals surface area contributed by atoms with Crippen LogP contribution in [0.1, 0.15) is 69.8 Å². The molecule has 35 heavy (non-hydrogen) atoms. The average Bonchev–Trinajstić information content (AvgIpc) is 2.86. The first kappa shape index (κ1) is 30.8. The number of rotatable bonds is 22. The van der Waals surface area contributed by atoms with Gasteiger partial charge in [-0.15, -0.1) is 0 Å². The lowest BCUT2D eigenvalue weighted by Gasteiger charge is -2.19. The van der Waals surface area contributed by atoms with Crippen LogP contribution in [-0.2, 0) is 38.8 Å². The van der Waals surface area contributed by atoms with Gasteiger partial charge >= 0.3 is 19.5 Å². The van der Waals surface area contributed by atoms with E-state index in [4.69, 9.17) is 18.5 Å². The Balaban J connectivity index is 2.26. The number of benzene rings is 1. The molecule has 0 bridgehead atoms. The largest absolute Gasteiger partial charge is 0.463 e. The van der Waals surface area contributed by atoms with E-state index in [1.54, 1.807) is 0 Å². The van der Waals surface area contributed by atoms with Gasteiger partial charge in [0.05, 0.1) is 32.6 Å². The first-order valence-electron chi connectivity index (χ1n) is 12.5. The molecule has 0 atom stereocenters. The van der Waals surface area contributed by atoms with E-state index < -0.39 is 7.60 Å². The van der Waals surface area contributed by atoms with Crippen molar-refractivity contribution in [2.24, 2.45) is 0 Å². The Bertz CT molecular complexity index is 737. The molecule has 0 radical (unpaired) electrons. The third kappa shape index (κ3) is 17.0. The lowest BCUT2D eigenvalue weighted by molar-refractivity contribution is -0.138. The third-order valence-corrected chi connectivity index (χ3v) is 7.10. The van der Waals surface area contributed by atoms with Gasteiger partial charge in [-0.25, -0.2) is 9.59 Å². The second-order valence-corrected chi connectivity index (χ2v) is 10.3. The van der Waals surface area contributed by atoms with Crippen LogP contribution >= 0.6 is 7.60 Å². The van der Waals surface area contributed by atoms with Crippen LogP contribution in [0.15, 0.2) is 55.6 Å². The van der Waals surface area contributed by atoms with E-state index >= 15 is 0 Å². The highest BCUT2D eigenvalue weighted by Crippen LogP contribution is 2.51. The van der Waals surface area contributed by atoms with Crippen molar-refractivity contribution < 1.29 is 32.7 Å². The second kappa shape index (κ2) is 20.0. The highest BCUT2D eigenvalue weighted by Gasteiger charge is 2.25. The molecule has 7 nitrogen and oxygen atoms in total. The zero-order valence-electron chi connectivity index (χ0n) is 20.9. The van der Waals surface area contributed by atoms with Crippen LogP contribution in [0.2, 0.25) is 0 Å². The second-order valence-electron chi connectivity index (χ2n) is 8.20. The van der Waals surface area contributed by atoms with E-state index in [-0.39, 0.29) is 18.1 Å². The lowest BCUT2D eigenvalue weighted by Crippen LogP contribution is -2.03. The minimum absolute atomic E-state index is 0.261. The molecule has 0 aliphatic rings. The summed E-state index contributed by atoms with van der Waals surface area (Å²) < 4.78 is 34.9. The molecule has 0 heterocycles. The van der Waals surface area contributed by atoms with Crippen molar-refractivity contribution in [2.75, 3.05) is 26.4 Å². The summed E-state index contributed by atoms with van der Waals surface area (Å²) >= 11 is 0. The van der Waals surface area contributed by atoms with E-state index in [9.17, 15) is 14.2 Å². The van der Waals surface area contributed by atoms with Crippen LogP contribution in [-0.4, -0.2) is 38.4 Å². The van der Waals surface area contributed by atoms with Gasteiger partial charge in [0.15, 0.2) is 0 Å². The molecule has 0 aromatic heterocycles. The maximum Gasteiger partial charge on any atom is 0.335 e. The maximum atomic E-state index is 13.4. The highest BCUT2D eigenvalue weighted by atomic mass is 31.2. The highest BCUT2D eigenvalue weighted by molar-refractivity contribution is 7.53. The zero-order valence-corrected chi connectivity index (χ0v) is 21.8. The minimum Gasteiger partial charge on any atom is -0.463 e. The number of hydrogen-bond donors (Lipinski definition) is 0. The van der Waals surface area contributed by atoms with Gasteiger partial charge in [-0.05, 0) is 31.2 Å². The number of esters is 2. The van der Waals surface area contributed by atoms with Crippen molar-refractivity contribution in [3.63, 3.8) is 0 Å². The molecule has 1 aromatic carbocycles. The van der Waals surface area contributed by atoms with Gasteiger partial charge in [-0.2, -0.15) is 0 Å². The van der Waals surface area contributed by atoms with Gasteiger partial charge in [0.25, 0.3) is 0 Å². The van der Waals surface area contributed by atoms with E-state index in [1.165, 1.54) is 12.2 Å². The van der Waals surface area contributed by atoms with Crippen molar-refractivity contribution in [3.8, 4) is 0 Å². The van der Waals surface area contributed by atoms with E-state index in [2.05, 4.69) is 13.2 Å². The molecule has 0 amide bonds. The smallest absolute Gasteiger partial charge is 0.335 e. The molecule has 0 saturated carbocycles. The van der Waals surface area contributed by atoms with Gasteiger partial charge in [0, 0.05) is 12.2 Å². The molecule has 1 aromatic rings. The Hall–Kier alpha value is -2.21. The van der Waals surface area contributed by atoms with Crippen molar-refractivity contribution in [1.29, 1.82) is 0 Å². The van der Waals surface area contributed by atoms with E-state index in [1.807, 2.05) is 30.3 Å². The van der Waals surface area contributed by atoms with Gasteiger partial charge in [-0.1, -0.05) is 82.0 Å². The molecule has 0 fully saturated rings. The van der Waals surface area contributed by atoms with Gasteiger partial charge in [0.1, 0.15) is 0 Å². The van der Waals surface area contributed by atoms with Crippen molar-refractivity contribution >= 4 is 19.5 Å². The molecular weight excluding hydrogens is 467 g/mol. The fraction of sp³-hybridized carbons (Fsp3) is 0.556. The summed E-state index contributed by atoms with van der Waals surface area (Å²) in [5, 5.41) is 0. The number of ether oxygens (including phenoxy) is 2. The van der Waals surface area contributed by atoms with Gasteiger partial charge in [0.2, 0.25) is 0 Å². The molecule has 0 aliphatic heterocycles. The van der Waals surface area contributed by atoms with Crippen LogP contribution in [0.3, 0.4) is 0 Å². The monoisotopic (exact) mass is 508 g/mol. The number of carbonyl (C=O) groups is 2. The van der Waals surface area contributed by atoms with Crippen molar-refractivity contribution in [1.82, 2.24) is 0 Å². The quantitative estimate of drug-likeness (QED) is 0.0739. The molecule has 0 aliphatic carbocycles. The average molecular weight is 509 g/mol. The fourth-order valence-corrected chi connectivity index (χ4v) is 5.00. The third-order valence-electron chi connectivity index (χ3n) is 5.19. The molecular formula is C27H41O7P. The van der Waals surface area contributed by atoms with Crippen molar-refractivity contribution in [2.45, 2.75) is 70.4 Å². The Morgan fingerprint density at radius 3 is 1.49 bits per heavy atom. The summed E-state index contributed by atoms with van der Waals surface area (Å²) in [6.07, 6.45) is 11.6. The standard InChI is InChI=1S/C27H41O7P/c1-3-26(28)31-20-14-7-5-9-16-22-33-35(30,24-25-18-12-11-13-19-25)34-23-17-10-6-8-15-21-32-27(29)4-2/h3-4,11-13,18-19H,1-2,5-10,14-17,20-24H2. The number of hydrogen-bond acceptors (Lipinski definition) is 7. The summed E-state index contributed by atoms with van der Waals surface area (Å²) in [6, 6.07) is 9.61. The summed E-state index contributed by atoms with van der Waals surface area (Å²) in [6.45, 7) is 8.32. The Kier molecular flexibility index (Phi) is 17.6. The Morgan fingerprint density at radius 2 is 1.06 bits per heavy atom. The predicted octanol–water partition coefficient (Wildman–Crippen LogP) is 6.77. The Labute approximate surface area is 210 Å². The van der Waals surface area contributed by atoms with E-state index in [0.717, 1.165) is 69.8 Å². The van der Waals surface area contributed by atoms with Crippen LogP contribution in [0.5, 0.6) is 0 Å². The van der Waals surface area contributed by atoms with Gasteiger partial charge in [-0.3, -0.25) is 4.57 Å². The van der Waals surface area contributed by atoms with Crippen LogP contribution in [0, 0.1) is 0 Å². The first-order chi connectivity index (χ1) is 17.0. The van der Waals surface area contributed by atoms with Crippen LogP contribution < -0.4 is 0 Å². The lowest BCUT2D eigenvalue weighted by atomic mass is 10.1. The number of carbonyl (C=O) groups excluding carboxylic acids is 2. The summed E-state index contributed by atoms with van der Waals surface area (Å²) in [4.78, 5) is 22.0. The first-order valence-corrected chi connectivity index (χ1v) is 14.2. The normalized spacial score (nSPS) is 11.1. The summed E-state index contributed by atoms with van der Waals surface area (Å²) in [5.41, 5.74) is 0.930. The SMILES string of the molecule is C=CC(=O)OCCCCCCCOP(=O)(Cc1ccccc1)OCCCCCCCOC(=O)C=C. The molecule has 0 unspecified atom stereocenters. The topological polar surface area (TPSA) is 88.1 Å². The zero-order chi connectivity index (χ0) is 25.6. The summed E-state index contributed by atoms with van der Waals surface area (Å²) in [7, 11) is -3.24. The maximum absolute atomic E-state index is 13.4. The fourth-order valence-electron chi connectivity index (χ4n) is 3.28. The predicted molar refractivity (Wildman–Crippen MR) is 138 cm³/mol. The Morgan fingerprint density at radius 1 is 0.657 bits per heavy atom. The number of unbranched alkanes of at least 4 members (excludes halogenated alkanes) is 8. The molecule has 0 N–H and O–H groups in total. The van der Waals surface area contributed by atoms with Crippen LogP contribution in [0.25, 0.3) is 0 Å². The molecule has 0 saturated heterocycles. The molecule has 1 rings (SSSR count). The summed E-state index contributed by atoms with van der Waals surface area (Å²) in [5.74, 6) is -0.779. The molecule has 196 valence electrons. The van der Waals surface area contributed by atoms with E-state index in [0.29, 0.717) is 26.4 Å².